The van der Waals surface area contributed by atoms with Gasteiger partial charge in [-0.3, -0.25) is 14.6 Å². The van der Waals surface area contributed by atoms with Gasteiger partial charge in [-0.15, -0.1) is 0 Å². The summed E-state index contributed by atoms with van der Waals surface area (Å²) in [6.07, 6.45) is 4.85. The van der Waals surface area contributed by atoms with Crippen LogP contribution in [0.4, 0.5) is 5.69 Å². The fourth-order valence-electron chi connectivity index (χ4n) is 4.01. The first kappa shape index (κ1) is 24.5. The first-order valence-electron chi connectivity index (χ1n) is 11.7. The Labute approximate surface area is 218 Å². The number of aromatic nitrogens is 3. The largest absolute Gasteiger partial charge is 0.491 e. The van der Waals surface area contributed by atoms with Gasteiger partial charge in [-0.05, 0) is 29.8 Å². The van der Waals surface area contributed by atoms with Crippen molar-refractivity contribution in [1.82, 2.24) is 14.5 Å². The molecule has 0 radical (unpaired) electrons. The molecule has 5 rings (SSSR count). The van der Waals surface area contributed by atoms with Crippen molar-refractivity contribution < 1.29 is 19.0 Å². The van der Waals surface area contributed by atoms with Crippen LogP contribution in [0.1, 0.15) is 10.4 Å². The van der Waals surface area contributed by atoms with Gasteiger partial charge in [0.15, 0.2) is 11.5 Å². The normalized spacial score (nSPS) is 10.7. The summed E-state index contributed by atoms with van der Waals surface area (Å²) in [7, 11) is 4.82. The topological polar surface area (TPSA) is 105 Å². The number of anilines is 1. The number of hydrogen-bond donors (Lipinski definition) is 1. The third-order valence-corrected chi connectivity index (χ3v) is 5.84. The predicted molar refractivity (Wildman–Crippen MR) is 144 cm³/mol. The van der Waals surface area contributed by atoms with Crippen molar-refractivity contribution in [3.63, 3.8) is 0 Å². The number of nitrogens with zero attached hydrogens (tertiary/aromatic N) is 3. The SMILES string of the molecule is COc1cc2nccc(Oc3ccc(NC(=O)c4cn(C)cc(-c5ccccc5)c4=O)cc3)c2nc1OC. The Hall–Kier alpha value is -5.18. The maximum Gasteiger partial charge on any atom is 0.261 e. The van der Waals surface area contributed by atoms with E-state index in [1.165, 1.54) is 20.4 Å². The quantitative estimate of drug-likeness (QED) is 0.328. The summed E-state index contributed by atoms with van der Waals surface area (Å²) in [6, 6.07) is 19.5. The van der Waals surface area contributed by atoms with E-state index < -0.39 is 5.91 Å². The lowest BCUT2D eigenvalue weighted by molar-refractivity contribution is 0.102. The van der Waals surface area contributed by atoms with Crippen LogP contribution in [0.3, 0.4) is 0 Å². The number of fused-ring (bicyclic) bond motifs is 1. The number of rotatable bonds is 7. The Morgan fingerprint density at radius 1 is 0.921 bits per heavy atom. The minimum Gasteiger partial charge on any atom is -0.491 e. The van der Waals surface area contributed by atoms with E-state index in [1.54, 1.807) is 60.4 Å². The Morgan fingerprint density at radius 2 is 1.68 bits per heavy atom. The van der Waals surface area contributed by atoms with Crippen LogP contribution in [-0.2, 0) is 7.05 Å². The zero-order valence-corrected chi connectivity index (χ0v) is 21.0. The minimum absolute atomic E-state index is 0.0490. The van der Waals surface area contributed by atoms with E-state index in [9.17, 15) is 9.59 Å². The van der Waals surface area contributed by atoms with Crippen LogP contribution in [0.25, 0.3) is 22.2 Å². The Bertz CT molecular complexity index is 1680. The molecule has 3 heterocycles. The summed E-state index contributed by atoms with van der Waals surface area (Å²) in [5.41, 5.74) is 2.53. The average Bonchev–Trinajstić information content (AvgIpc) is 2.95. The number of nitrogens with one attached hydrogen (secondary N) is 1. The molecule has 3 aromatic heterocycles. The minimum atomic E-state index is -0.498. The second-order valence-electron chi connectivity index (χ2n) is 8.40. The van der Waals surface area contributed by atoms with E-state index in [0.717, 1.165) is 5.56 Å². The van der Waals surface area contributed by atoms with Crippen molar-refractivity contribution in [3.8, 4) is 34.3 Å². The van der Waals surface area contributed by atoms with Gasteiger partial charge < -0.3 is 24.1 Å². The highest BCUT2D eigenvalue weighted by Crippen LogP contribution is 2.34. The van der Waals surface area contributed by atoms with E-state index in [2.05, 4.69) is 15.3 Å². The van der Waals surface area contributed by atoms with Crippen LogP contribution in [0.15, 0.2) is 90.1 Å². The van der Waals surface area contributed by atoms with E-state index in [-0.39, 0.29) is 11.0 Å². The smallest absolute Gasteiger partial charge is 0.261 e. The molecule has 2 aromatic carbocycles. The van der Waals surface area contributed by atoms with Crippen molar-refractivity contribution in [1.29, 1.82) is 0 Å². The molecule has 0 spiro atoms. The number of pyridine rings is 3. The number of hydrogen-bond acceptors (Lipinski definition) is 7. The fraction of sp³-hybridized carbons (Fsp3) is 0.103. The molecule has 0 aliphatic rings. The molecule has 0 fully saturated rings. The van der Waals surface area contributed by atoms with Crippen LogP contribution in [0.5, 0.6) is 23.1 Å². The second-order valence-corrected chi connectivity index (χ2v) is 8.40. The standard InChI is InChI=1S/C29H24N4O5/c1-33-16-21(18-7-5-4-6-8-18)27(34)22(17-33)28(35)31-19-9-11-20(12-10-19)38-24-13-14-30-23-15-25(36-2)29(37-3)32-26(23)24/h4-17H,1-3H3,(H,31,35). The van der Waals surface area contributed by atoms with Crippen LogP contribution in [0.2, 0.25) is 0 Å². The summed E-state index contributed by atoms with van der Waals surface area (Å²) in [5.74, 6) is 1.29. The highest BCUT2D eigenvalue weighted by Gasteiger charge is 2.16. The molecule has 9 nitrogen and oxygen atoms in total. The number of carbonyl (C=O) groups is 1. The van der Waals surface area contributed by atoms with Crippen LogP contribution < -0.4 is 25.0 Å². The molecule has 0 atom stereocenters. The highest BCUT2D eigenvalue weighted by atomic mass is 16.5. The molecule has 1 N–H and O–H groups in total. The lowest BCUT2D eigenvalue weighted by Crippen LogP contribution is -2.24. The fourth-order valence-corrected chi connectivity index (χ4v) is 4.01. The van der Waals surface area contributed by atoms with Gasteiger partial charge in [-0.1, -0.05) is 30.3 Å². The third-order valence-electron chi connectivity index (χ3n) is 5.84. The van der Waals surface area contributed by atoms with E-state index in [0.29, 0.717) is 45.4 Å². The monoisotopic (exact) mass is 508 g/mol. The van der Waals surface area contributed by atoms with Gasteiger partial charge in [0.25, 0.3) is 11.8 Å². The predicted octanol–water partition coefficient (Wildman–Crippen LogP) is 5.06. The number of benzene rings is 2. The molecule has 0 unspecified atom stereocenters. The molecule has 5 aromatic rings. The van der Waals surface area contributed by atoms with E-state index >= 15 is 0 Å². The number of ether oxygens (including phenoxy) is 3. The average molecular weight is 509 g/mol. The van der Waals surface area contributed by atoms with Crippen LogP contribution >= 0.6 is 0 Å². The van der Waals surface area contributed by atoms with Gasteiger partial charge in [-0.2, -0.15) is 0 Å². The molecular formula is C29H24N4O5. The van der Waals surface area contributed by atoms with Crippen LogP contribution in [0, 0.1) is 0 Å². The third kappa shape index (κ3) is 4.90. The van der Waals surface area contributed by atoms with Crippen molar-refractivity contribution in [2.75, 3.05) is 19.5 Å². The molecular weight excluding hydrogens is 484 g/mol. The van der Waals surface area contributed by atoms with E-state index in [4.69, 9.17) is 14.2 Å². The van der Waals surface area contributed by atoms with Gasteiger partial charge in [-0.25, -0.2) is 4.98 Å². The molecule has 0 saturated carbocycles. The summed E-state index contributed by atoms with van der Waals surface area (Å²) in [5, 5.41) is 2.79. The molecule has 0 bridgehead atoms. The van der Waals surface area contributed by atoms with Gasteiger partial charge in [0.05, 0.1) is 19.7 Å². The summed E-state index contributed by atoms with van der Waals surface area (Å²) >= 11 is 0. The molecule has 38 heavy (non-hydrogen) atoms. The van der Waals surface area contributed by atoms with Gasteiger partial charge in [0, 0.05) is 49.0 Å². The Morgan fingerprint density at radius 3 is 2.39 bits per heavy atom. The maximum atomic E-state index is 13.1. The molecule has 0 saturated heterocycles. The number of aryl methyl sites for hydroxylation is 1. The summed E-state index contributed by atoms with van der Waals surface area (Å²) in [4.78, 5) is 34.9. The van der Waals surface area contributed by atoms with E-state index in [1.807, 2.05) is 30.3 Å². The molecule has 0 aliphatic carbocycles. The zero-order chi connectivity index (χ0) is 26.6. The maximum absolute atomic E-state index is 13.1. The van der Waals surface area contributed by atoms with Crippen molar-refractivity contribution in [2.24, 2.45) is 7.05 Å². The second kappa shape index (κ2) is 10.4. The first-order valence-corrected chi connectivity index (χ1v) is 11.7. The van der Waals surface area contributed by atoms with Crippen LogP contribution in [-0.4, -0.2) is 34.7 Å². The Balaban J connectivity index is 1.36. The van der Waals surface area contributed by atoms with Crippen molar-refractivity contribution in [2.45, 2.75) is 0 Å². The van der Waals surface area contributed by atoms with Gasteiger partial charge in [0.1, 0.15) is 16.8 Å². The summed E-state index contributed by atoms with van der Waals surface area (Å²) in [6.45, 7) is 0. The lowest BCUT2D eigenvalue weighted by Gasteiger charge is -2.12. The number of carbonyl (C=O) groups excluding carboxylic acids is 1. The van der Waals surface area contributed by atoms with Crippen molar-refractivity contribution >= 4 is 22.6 Å². The van der Waals surface area contributed by atoms with Gasteiger partial charge in [0.2, 0.25) is 5.43 Å². The van der Waals surface area contributed by atoms with Crippen molar-refractivity contribution in [3.05, 3.63) is 101 Å². The van der Waals surface area contributed by atoms with Gasteiger partial charge >= 0.3 is 0 Å². The lowest BCUT2D eigenvalue weighted by atomic mass is 10.0. The first-order chi connectivity index (χ1) is 18.5. The Kier molecular flexibility index (Phi) is 6.73. The molecule has 9 heteroatoms. The molecule has 190 valence electrons. The zero-order valence-electron chi connectivity index (χ0n) is 21.0. The summed E-state index contributed by atoms with van der Waals surface area (Å²) < 4.78 is 18.3. The molecule has 0 aliphatic heterocycles. The number of methoxy groups -OCH3 is 2. The number of amides is 1. The molecule has 1 amide bonds. The highest BCUT2D eigenvalue weighted by molar-refractivity contribution is 6.04.